The van der Waals surface area contributed by atoms with E-state index in [0.29, 0.717) is 37.7 Å². The van der Waals surface area contributed by atoms with Crippen LogP contribution in [0.1, 0.15) is 30.1 Å². The topological polar surface area (TPSA) is 80.8 Å². The van der Waals surface area contributed by atoms with E-state index in [-0.39, 0.29) is 5.91 Å². The molecule has 0 bridgehead atoms. The molecule has 3 rings (SSSR count). The Morgan fingerprint density at radius 2 is 2.45 bits per heavy atom. The first-order valence-electron chi connectivity index (χ1n) is 7.47. The molecule has 1 spiro atoms. The van der Waals surface area contributed by atoms with Crippen molar-refractivity contribution in [3.05, 3.63) is 23.9 Å². The molecule has 0 aromatic carbocycles. The third-order valence-electron chi connectivity index (χ3n) is 3.97. The molecule has 1 N–H and O–H groups in total. The van der Waals surface area contributed by atoms with Gasteiger partial charge in [-0.1, -0.05) is 0 Å². The van der Waals surface area contributed by atoms with Crippen molar-refractivity contribution in [1.29, 1.82) is 0 Å². The maximum absolute atomic E-state index is 12.8. The number of nitrogens with one attached hydrogen (secondary N) is 1. The van der Waals surface area contributed by atoms with E-state index in [1.807, 2.05) is 6.92 Å². The van der Waals surface area contributed by atoms with Crippen LogP contribution in [0.4, 0.5) is 4.79 Å². The smallest absolute Gasteiger partial charge is 0.407 e. The number of piperidine rings is 1. The minimum Gasteiger partial charge on any atom is -0.477 e. The van der Waals surface area contributed by atoms with E-state index >= 15 is 0 Å². The van der Waals surface area contributed by atoms with Crippen LogP contribution < -0.4 is 10.1 Å². The highest BCUT2D eigenvalue weighted by Crippen LogP contribution is 2.29. The number of alkyl carbamates (subject to hydrolysis) is 1. The fraction of sp³-hybridized carbons (Fsp3) is 0.533. The van der Waals surface area contributed by atoms with Crippen molar-refractivity contribution in [2.24, 2.45) is 0 Å². The molecule has 2 fully saturated rings. The Labute approximate surface area is 128 Å². The Balaban J connectivity index is 1.79. The Morgan fingerprint density at radius 3 is 3.18 bits per heavy atom. The normalized spacial score (nSPS) is 24.0. The Morgan fingerprint density at radius 1 is 1.59 bits per heavy atom. The van der Waals surface area contributed by atoms with Crippen LogP contribution in [0.15, 0.2) is 18.3 Å². The predicted molar refractivity (Wildman–Crippen MR) is 77.8 cm³/mol. The molecule has 1 atom stereocenters. The van der Waals surface area contributed by atoms with Crippen molar-refractivity contribution in [2.45, 2.75) is 25.4 Å². The summed E-state index contributed by atoms with van der Waals surface area (Å²) in [7, 11) is 0. The summed E-state index contributed by atoms with van der Waals surface area (Å²) in [5.41, 5.74) is -0.155. The summed E-state index contributed by atoms with van der Waals surface area (Å²) in [6.45, 7) is 3.77. The second-order valence-electron chi connectivity index (χ2n) is 5.55. The molecule has 0 saturated carbocycles. The quantitative estimate of drug-likeness (QED) is 0.907. The Bertz CT molecular complexity index is 592. The van der Waals surface area contributed by atoms with E-state index in [1.165, 1.54) is 0 Å². The number of hydrogen-bond acceptors (Lipinski definition) is 5. The maximum atomic E-state index is 12.8. The lowest BCUT2D eigenvalue weighted by atomic mass is 9.92. The number of hydrogen-bond donors (Lipinski definition) is 1. The van der Waals surface area contributed by atoms with Crippen molar-refractivity contribution in [2.75, 3.05) is 26.2 Å². The molecule has 2 amide bonds. The first kappa shape index (κ1) is 14.6. The van der Waals surface area contributed by atoms with E-state index in [2.05, 4.69) is 10.3 Å². The minimum atomic E-state index is -0.598. The maximum Gasteiger partial charge on any atom is 0.407 e. The van der Waals surface area contributed by atoms with Crippen LogP contribution in [0.2, 0.25) is 0 Å². The molecule has 0 aliphatic carbocycles. The number of ether oxygens (including phenoxy) is 2. The molecule has 0 unspecified atom stereocenters. The average Bonchev–Trinajstić information content (AvgIpc) is 2.88. The van der Waals surface area contributed by atoms with Crippen molar-refractivity contribution in [1.82, 2.24) is 15.2 Å². The van der Waals surface area contributed by atoms with Crippen LogP contribution in [0.3, 0.4) is 0 Å². The molecular formula is C15H19N3O4. The number of pyridine rings is 1. The molecule has 7 nitrogen and oxygen atoms in total. The lowest BCUT2D eigenvalue weighted by Crippen LogP contribution is -2.52. The number of aromatic nitrogens is 1. The summed E-state index contributed by atoms with van der Waals surface area (Å²) in [5, 5.41) is 2.67. The molecule has 118 valence electrons. The largest absolute Gasteiger partial charge is 0.477 e. The molecule has 2 aliphatic heterocycles. The number of rotatable bonds is 3. The van der Waals surface area contributed by atoms with E-state index in [1.54, 1.807) is 23.2 Å². The zero-order valence-electron chi connectivity index (χ0n) is 12.5. The van der Waals surface area contributed by atoms with Crippen LogP contribution in [-0.2, 0) is 4.74 Å². The standard InChI is InChI=1S/C15H19N3O4/c1-2-21-12-11(5-3-7-16-12)13(19)18-8-4-6-15(10-18)9-17-14(20)22-15/h3,5,7H,2,4,6,8-10H2,1H3,(H,17,20)/t15-/m1/s1. The van der Waals surface area contributed by atoms with Crippen LogP contribution in [0.5, 0.6) is 5.88 Å². The number of nitrogens with zero attached hydrogens (tertiary/aromatic N) is 2. The van der Waals surface area contributed by atoms with Crippen molar-refractivity contribution < 1.29 is 19.1 Å². The predicted octanol–water partition coefficient (Wildman–Crippen LogP) is 1.19. The third-order valence-corrected chi connectivity index (χ3v) is 3.97. The van der Waals surface area contributed by atoms with Crippen LogP contribution >= 0.6 is 0 Å². The van der Waals surface area contributed by atoms with Gasteiger partial charge in [0.15, 0.2) is 0 Å². The first-order chi connectivity index (χ1) is 10.6. The summed E-state index contributed by atoms with van der Waals surface area (Å²) < 4.78 is 10.8. The summed E-state index contributed by atoms with van der Waals surface area (Å²) in [6.07, 6.45) is 2.75. The van der Waals surface area contributed by atoms with E-state index < -0.39 is 11.7 Å². The van der Waals surface area contributed by atoms with Gasteiger partial charge < -0.3 is 19.7 Å². The highest BCUT2D eigenvalue weighted by Gasteiger charge is 2.45. The molecule has 2 saturated heterocycles. The van der Waals surface area contributed by atoms with Crippen LogP contribution in [-0.4, -0.2) is 53.7 Å². The van der Waals surface area contributed by atoms with Crippen molar-refractivity contribution >= 4 is 12.0 Å². The SMILES string of the molecule is CCOc1ncccc1C(=O)N1CCC[C@@]2(CNC(=O)O2)C1. The molecule has 22 heavy (non-hydrogen) atoms. The second-order valence-corrected chi connectivity index (χ2v) is 5.55. The third kappa shape index (κ3) is 2.70. The Hall–Kier alpha value is -2.31. The lowest BCUT2D eigenvalue weighted by molar-refractivity contribution is -0.00519. The van der Waals surface area contributed by atoms with Gasteiger partial charge in [-0.2, -0.15) is 0 Å². The fourth-order valence-electron chi connectivity index (χ4n) is 2.98. The van der Waals surface area contributed by atoms with Crippen LogP contribution in [0.25, 0.3) is 0 Å². The number of amides is 2. The molecule has 3 heterocycles. The molecule has 2 aliphatic rings. The van der Waals surface area contributed by atoms with Crippen LogP contribution in [0, 0.1) is 0 Å². The van der Waals surface area contributed by atoms with E-state index in [0.717, 1.165) is 12.8 Å². The van der Waals surface area contributed by atoms with Gasteiger partial charge in [0.25, 0.3) is 5.91 Å². The minimum absolute atomic E-state index is 0.140. The van der Waals surface area contributed by atoms with Gasteiger partial charge in [-0.15, -0.1) is 0 Å². The monoisotopic (exact) mass is 305 g/mol. The molecule has 1 aromatic heterocycles. The van der Waals surface area contributed by atoms with Gasteiger partial charge in [0.2, 0.25) is 5.88 Å². The van der Waals surface area contributed by atoms with E-state index in [9.17, 15) is 9.59 Å². The average molecular weight is 305 g/mol. The van der Waals surface area contributed by atoms with Gasteiger partial charge in [0, 0.05) is 12.7 Å². The lowest BCUT2D eigenvalue weighted by Gasteiger charge is -2.38. The zero-order chi connectivity index (χ0) is 15.6. The van der Waals surface area contributed by atoms with Gasteiger partial charge >= 0.3 is 6.09 Å². The number of carbonyl (C=O) groups excluding carboxylic acids is 2. The fourth-order valence-corrected chi connectivity index (χ4v) is 2.98. The van der Waals surface area contributed by atoms with Crippen molar-refractivity contribution in [3.8, 4) is 5.88 Å². The zero-order valence-corrected chi connectivity index (χ0v) is 12.5. The molecule has 7 heteroatoms. The summed E-state index contributed by atoms with van der Waals surface area (Å²) in [6, 6.07) is 3.42. The van der Waals surface area contributed by atoms with Gasteiger partial charge in [0.1, 0.15) is 11.2 Å². The highest BCUT2D eigenvalue weighted by molar-refractivity contribution is 5.96. The van der Waals surface area contributed by atoms with E-state index in [4.69, 9.17) is 9.47 Å². The Kier molecular flexibility index (Phi) is 3.87. The van der Waals surface area contributed by atoms with Crippen molar-refractivity contribution in [3.63, 3.8) is 0 Å². The summed E-state index contributed by atoms with van der Waals surface area (Å²) in [5.74, 6) is 0.203. The summed E-state index contributed by atoms with van der Waals surface area (Å²) in [4.78, 5) is 29.9. The van der Waals surface area contributed by atoms with Gasteiger partial charge in [0.05, 0.1) is 19.7 Å². The summed E-state index contributed by atoms with van der Waals surface area (Å²) >= 11 is 0. The molecular weight excluding hydrogens is 286 g/mol. The van der Waals surface area contributed by atoms with Gasteiger partial charge in [-0.25, -0.2) is 9.78 Å². The first-order valence-corrected chi connectivity index (χ1v) is 7.47. The highest BCUT2D eigenvalue weighted by atomic mass is 16.6. The number of carbonyl (C=O) groups is 2. The molecule has 1 aromatic rings. The number of likely N-dealkylation sites (tertiary alicyclic amines) is 1. The van der Waals surface area contributed by atoms with Gasteiger partial charge in [-0.05, 0) is 31.9 Å². The second kappa shape index (κ2) is 5.82. The van der Waals surface area contributed by atoms with Gasteiger partial charge in [-0.3, -0.25) is 4.79 Å². The molecule has 0 radical (unpaired) electrons.